The standard InChI is InChI=1S/C21H36N6O2/c1-14-19(15(2)26(4)25-14)24-20(28)16(3)27-12-10-18(11-13-27)23-21(29)22-17-8-6-5-7-9-17/h16-18H,5-13H2,1-4H3,(H,24,28)(H2,22,23,29). The number of urea groups is 1. The molecular formula is C21H36N6O2. The Kier molecular flexibility index (Phi) is 7.16. The van der Waals surface area contributed by atoms with Crippen LogP contribution in [0.3, 0.4) is 0 Å². The van der Waals surface area contributed by atoms with Gasteiger partial charge in [0.2, 0.25) is 5.91 Å². The average molecular weight is 405 g/mol. The van der Waals surface area contributed by atoms with E-state index in [1.165, 1.54) is 19.3 Å². The molecule has 1 atom stereocenters. The van der Waals surface area contributed by atoms with E-state index in [1.54, 1.807) is 4.68 Å². The third-order valence-corrected chi connectivity index (χ3v) is 6.49. The Morgan fingerprint density at radius 2 is 1.59 bits per heavy atom. The zero-order chi connectivity index (χ0) is 21.0. The lowest BCUT2D eigenvalue weighted by Crippen LogP contribution is -2.53. The zero-order valence-electron chi connectivity index (χ0n) is 18.3. The van der Waals surface area contributed by atoms with E-state index in [1.807, 2.05) is 27.8 Å². The maximum atomic E-state index is 12.7. The number of piperidine rings is 1. The Bertz CT molecular complexity index is 717. The number of amides is 3. The SMILES string of the molecule is Cc1nn(C)c(C)c1NC(=O)C(C)N1CCC(NC(=O)NC2CCCCC2)CC1. The van der Waals surface area contributed by atoms with Crippen molar-refractivity contribution in [1.82, 2.24) is 25.3 Å². The highest BCUT2D eigenvalue weighted by Crippen LogP contribution is 2.21. The van der Waals surface area contributed by atoms with Crippen LogP contribution in [0.5, 0.6) is 0 Å². The molecule has 3 N–H and O–H groups in total. The molecule has 1 aliphatic carbocycles. The molecule has 8 nitrogen and oxygen atoms in total. The summed E-state index contributed by atoms with van der Waals surface area (Å²) < 4.78 is 1.78. The Morgan fingerprint density at radius 3 is 2.14 bits per heavy atom. The monoisotopic (exact) mass is 404 g/mol. The van der Waals surface area contributed by atoms with Crippen LogP contribution in [0.25, 0.3) is 0 Å². The number of carbonyl (C=O) groups is 2. The van der Waals surface area contributed by atoms with E-state index in [0.717, 1.165) is 55.8 Å². The van der Waals surface area contributed by atoms with E-state index in [4.69, 9.17) is 0 Å². The van der Waals surface area contributed by atoms with Gasteiger partial charge in [-0.15, -0.1) is 0 Å². The molecule has 0 aromatic carbocycles. The molecule has 1 aromatic rings. The maximum Gasteiger partial charge on any atom is 0.315 e. The van der Waals surface area contributed by atoms with Crippen LogP contribution in [-0.4, -0.2) is 57.8 Å². The van der Waals surface area contributed by atoms with Gasteiger partial charge in [0.1, 0.15) is 0 Å². The van der Waals surface area contributed by atoms with Crippen molar-refractivity contribution >= 4 is 17.6 Å². The first kappa shape index (κ1) is 21.6. The molecule has 162 valence electrons. The van der Waals surface area contributed by atoms with Crippen LogP contribution in [0.4, 0.5) is 10.5 Å². The van der Waals surface area contributed by atoms with Gasteiger partial charge in [0, 0.05) is 32.2 Å². The van der Waals surface area contributed by atoms with Crippen molar-refractivity contribution in [1.29, 1.82) is 0 Å². The molecule has 3 rings (SSSR count). The summed E-state index contributed by atoms with van der Waals surface area (Å²) in [6.07, 6.45) is 7.61. The number of likely N-dealkylation sites (tertiary alicyclic amines) is 1. The maximum absolute atomic E-state index is 12.7. The Labute approximate surface area is 173 Å². The fourth-order valence-corrected chi connectivity index (χ4v) is 4.44. The molecule has 29 heavy (non-hydrogen) atoms. The molecule has 0 bridgehead atoms. The predicted molar refractivity (Wildman–Crippen MR) is 114 cm³/mol. The highest BCUT2D eigenvalue weighted by atomic mass is 16.2. The number of nitrogens with one attached hydrogen (secondary N) is 3. The van der Waals surface area contributed by atoms with Crippen LogP contribution < -0.4 is 16.0 Å². The normalized spacial score (nSPS) is 20.3. The highest BCUT2D eigenvalue weighted by molar-refractivity contribution is 5.95. The smallest absolute Gasteiger partial charge is 0.315 e. The number of nitrogens with zero attached hydrogens (tertiary/aromatic N) is 3. The van der Waals surface area contributed by atoms with Gasteiger partial charge in [-0.1, -0.05) is 19.3 Å². The van der Waals surface area contributed by atoms with Gasteiger partial charge < -0.3 is 16.0 Å². The van der Waals surface area contributed by atoms with Gasteiger partial charge in [0.15, 0.2) is 0 Å². The topological polar surface area (TPSA) is 91.3 Å². The van der Waals surface area contributed by atoms with Gasteiger partial charge in [-0.2, -0.15) is 5.10 Å². The van der Waals surface area contributed by atoms with Crippen LogP contribution in [0, 0.1) is 13.8 Å². The van der Waals surface area contributed by atoms with Crippen LogP contribution in [0.15, 0.2) is 0 Å². The minimum absolute atomic E-state index is 0.00866. The van der Waals surface area contributed by atoms with E-state index >= 15 is 0 Å². The first-order valence-corrected chi connectivity index (χ1v) is 11.0. The molecule has 0 spiro atoms. The summed E-state index contributed by atoms with van der Waals surface area (Å²) in [5.41, 5.74) is 2.59. The Hall–Kier alpha value is -2.09. The van der Waals surface area contributed by atoms with Crippen molar-refractivity contribution in [2.75, 3.05) is 18.4 Å². The van der Waals surface area contributed by atoms with Gasteiger partial charge in [-0.3, -0.25) is 14.4 Å². The van der Waals surface area contributed by atoms with Crippen molar-refractivity contribution in [3.8, 4) is 0 Å². The molecule has 1 unspecified atom stereocenters. The minimum atomic E-state index is -0.217. The minimum Gasteiger partial charge on any atom is -0.335 e. The molecule has 1 aliphatic heterocycles. The van der Waals surface area contributed by atoms with E-state index in [-0.39, 0.29) is 24.0 Å². The zero-order valence-corrected chi connectivity index (χ0v) is 18.3. The van der Waals surface area contributed by atoms with Crippen molar-refractivity contribution in [3.05, 3.63) is 11.4 Å². The fraction of sp³-hybridized carbons (Fsp3) is 0.762. The number of hydrogen-bond acceptors (Lipinski definition) is 4. The average Bonchev–Trinajstić information content (AvgIpc) is 2.94. The Morgan fingerprint density at radius 1 is 1.00 bits per heavy atom. The third kappa shape index (κ3) is 5.50. The van der Waals surface area contributed by atoms with Gasteiger partial charge >= 0.3 is 6.03 Å². The van der Waals surface area contributed by atoms with Crippen LogP contribution >= 0.6 is 0 Å². The van der Waals surface area contributed by atoms with Crippen molar-refractivity contribution in [2.24, 2.45) is 7.05 Å². The van der Waals surface area contributed by atoms with E-state index in [0.29, 0.717) is 6.04 Å². The number of rotatable bonds is 5. The van der Waals surface area contributed by atoms with Crippen molar-refractivity contribution < 1.29 is 9.59 Å². The van der Waals surface area contributed by atoms with E-state index in [9.17, 15) is 9.59 Å². The summed E-state index contributed by atoms with van der Waals surface area (Å²) in [6, 6.07) is 0.245. The molecular weight excluding hydrogens is 368 g/mol. The quantitative estimate of drug-likeness (QED) is 0.703. The molecule has 1 saturated carbocycles. The van der Waals surface area contributed by atoms with Crippen LogP contribution in [0.1, 0.15) is 63.3 Å². The molecule has 2 heterocycles. The predicted octanol–water partition coefficient (Wildman–Crippen LogP) is 2.46. The number of anilines is 1. The summed E-state index contributed by atoms with van der Waals surface area (Å²) >= 11 is 0. The first-order valence-electron chi connectivity index (χ1n) is 11.0. The summed E-state index contributed by atoms with van der Waals surface area (Å²) in [6.45, 7) is 7.40. The molecule has 2 aliphatic rings. The summed E-state index contributed by atoms with van der Waals surface area (Å²) in [7, 11) is 1.88. The third-order valence-electron chi connectivity index (χ3n) is 6.49. The lowest BCUT2D eigenvalue weighted by atomic mass is 9.96. The fourth-order valence-electron chi connectivity index (χ4n) is 4.44. The first-order chi connectivity index (χ1) is 13.8. The van der Waals surface area contributed by atoms with Crippen LogP contribution in [-0.2, 0) is 11.8 Å². The second kappa shape index (κ2) is 9.61. The molecule has 0 radical (unpaired) electrons. The molecule has 1 aromatic heterocycles. The number of aryl methyl sites for hydroxylation is 2. The summed E-state index contributed by atoms with van der Waals surface area (Å²) in [4.78, 5) is 27.2. The molecule has 1 saturated heterocycles. The van der Waals surface area contributed by atoms with Crippen molar-refractivity contribution in [3.63, 3.8) is 0 Å². The number of hydrogen-bond donors (Lipinski definition) is 3. The van der Waals surface area contributed by atoms with Crippen molar-refractivity contribution in [2.45, 2.75) is 83.8 Å². The van der Waals surface area contributed by atoms with Gasteiger partial charge in [0.05, 0.1) is 23.1 Å². The second-order valence-electron chi connectivity index (χ2n) is 8.60. The Balaban J connectivity index is 1.43. The number of aromatic nitrogens is 2. The second-order valence-corrected chi connectivity index (χ2v) is 8.60. The van der Waals surface area contributed by atoms with Gasteiger partial charge in [0.25, 0.3) is 0 Å². The lowest BCUT2D eigenvalue weighted by Gasteiger charge is -2.35. The lowest BCUT2D eigenvalue weighted by molar-refractivity contribution is -0.121. The van der Waals surface area contributed by atoms with Crippen LogP contribution in [0.2, 0.25) is 0 Å². The van der Waals surface area contributed by atoms with E-state index < -0.39 is 0 Å². The van der Waals surface area contributed by atoms with E-state index in [2.05, 4.69) is 25.9 Å². The summed E-state index contributed by atoms with van der Waals surface area (Å²) in [5.74, 6) is -0.00866. The number of carbonyl (C=O) groups excluding carboxylic acids is 2. The molecule has 3 amide bonds. The van der Waals surface area contributed by atoms with Gasteiger partial charge in [-0.25, -0.2) is 4.79 Å². The highest BCUT2D eigenvalue weighted by Gasteiger charge is 2.28. The van der Waals surface area contributed by atoms with Gasteiger partial charge in [-0.05, 0) is 46.5 Å². The molecule has 2 fully saturated rings. The largest absolute Gasteiger partial charge is 0.335 e. The summed E-state index contributed by atoms with van der Waals surface area (Å²) in [5, 5.41) is 13.6. The molecule has 8 heteroatoms.